The lowest BCUT2D eigenvalue weighted by atomic mass is 10.2. The summed E-state index contributed by atoms with van der Waals surface area (Å²) in [7, 11) is 0. The predicted molar refractivity (Wildman–Crippen MR) is 78.3 cm³/mol. The highest BCUT2D eigenvalue weighted by atomic mass is 32.2. The van der Waals surface area contributed by atoms with Crippen LogP contribution in [0.2, 0.25) is 0 Å². The lowest BCUT2D eigenvalue weighted by Crippen LogP contribution is -2.22. The van der Waals surface area contributed by atoms with E-state index in [2.05, 4.69) is 40.5 Å². The van der Waals surface area contributed by atoms with Crippen LogP contribution in [0.25, 0.3) is 6.08 Å². The molecule has 2 rings (SSSR count). The van der Waals surface area contributed by atoms with Crippen LogP contribution < -0.4 is 4.72 Å². The van der Waals surface area contributed by atoms with E-state index in [0.717, 1.165) is 11.3 Å². The molecule has 1 aromatic carbocycles. The normalized spacial score (nSPS) is 16.0. The average Bonchev–Trinajstić information content (AvgIpc) is 2.88. The predicted octanol–water partition coefficient (Wildman–Crippen LogP) is 3.49. The van der Waals surface area contributed by atoms with Gasteiger partial charge < -0.3 is 9.62 Å². The van der Waals surface area contributed by atoms with Crippen LogP contribution in [0.1, 0.15) is 18.4 Å². The second kappa shape index (κ2) is 6.72. The summed E-state index contributed by atoms with van der Waals surface area (Å²) in [5.74, 6) is 1.14. The van der Waals surface area contributed by atoms with Crippen molar-refractivity contribution < 1.29 is 0 Å². The molecule has 1 saturated heterocycles. The van der Waals surface area contributed by atoms with E-state index in [1.807, 2.05) is 6.08 Å². The molecule has 1 aliphatic rings. The van der Waals surface area contributed by atoms with E-state index in [9.17, 15) is 0 Å². The van der Waals surface area contributed by atoms with Gasteiger partial charge in [0.2, 0.25) is 0 Å². The van der Waals surface area contributed by atoms with Crippen LogP contribution in [-0.2, 0) is 0 Å². The third kappa shape index (κ3) is 4.10. The van der Waals surface area contributed by atoms with E-state index < -0.39 is 0 Å². The van der Waals surface area contributed by atoms with E-state index in [1.165, 1.54) is 38.2 Å². The first-order valence-corrected chi connectivity index (χ1v) is 7.20. The molecular weight excluding hydrogens is 228 g/mol. The number of hydrogen-bond donors (Lipinski definition) is 1. The Labute approximate surface area is 108 Å². The molecule has 17 heavy (non-hydrogen) atoms. The Bertz CT molecular complexity index is 342. The molecule has 0 radical (unpaired) electrons. The molecule has 0 aliphatic carbocycles. The van der Waals surface area contributed by atoms with Gasteiger partial charge in [-0.1, -0.05) is 36.7 Å². The highest BCUT2D eigenvalue weighted by Gasteiger charge is 2.10. The number of likely N-dealkylation sites (tertiary alicyclic amines) is 1. The maximum Gasteiger partial charge on any atom is 0.0440 e. The van der Waals surface area contributed by atoms with Crippen molar-refractivity contribution >= 4 is 23.7 Å². The Hall–Kier alpha value is -0.930. The third-order valence-electron chi connectivity index (χ3n) is 3.04. The van der Waals surface area contributed by atoms with E-state index in [0.29, 0.717) is 0 Å². The van der Waals surface area contributed by atoms with Crippen molar-refractivity contribution in [1.82, 2.24) is 4.90 Å². The first-order chi connectivity index (χ1) is 8.38. The summed E-state index contributed by atoms with van der Waals surface area (Å²) >= 11 is 1.79. The second-order valence-electron chi connectivity index (χ2n) is 4.33. The molecule has 0 amide bonds. The number of anilines is 1. The van der Waals surface area contributed by atoms with E-state index >= 15 is 0 Å². The zero-order chi connectivity index (χ0) is 11.9. The van der Waals surface area contributed by atoms with Crippen molar-refractivity contribution in [3.8, 4) is 0 Å². The van der Waals surface area contributed by atoms with Gasteiger partial charge >= 0.3 is 0 Å². The second-order valence-corrected chi connectivity index (χ2v) is 5.23. The lowest BCUT2D eigenvalue weighted by molar-refractivity contribution is 0.362. The lowest BCUT2D eigenvalue weighted by Gasteiger charge is -2.14. The number of nitrogens with zero attached hydrogens (tertiary/aromatic N) is 1. The smallest absolute Gasteiger partial charge is 0.0440 e. The molecule has 1 heterocycles. The van der Waals surface area contributed by atoms with E-state index in [4.69, 9.17) is 0 Å². The van der Waals surface area contributed by atoms with Crippen LogP contribution in [0.15, 0.2) is 30.8 Å². The number of hydrogen-bond acceptors (Lipinski definition) is 3. The van der Waals surface area contributed by atoms with Crippen molar-refractivity contribution in [2.75, 3.05) is 30.1 Å². The van der Waals surface area contributed by atoms with Crippen molar-refractivity contribution in [3.63, 3.8) is 0 Å². The first-order valence-electron chi connectivity index (χ1n) is 6.21. The Balaban J connectivity index is 1.65. The summed E-state index contributed by atoms with van der Waals surface area (Å²) in [5.41, 5.74) is 2.33. The molecule has 0 unspecified atom stereocenters. The van der Waals surface area contributed by atoms with Gasteiger partial charge in [0.15, 0.2) is 0 Å². The van der Waals surface area contributed by atoms with Gasteiger partial charge in [-0.15, -0.1) is 0 Å². The number of rotatable bonds is 6. The fourth-order valence-corrected chi connectivity index (χ4v) is 2.76. The summed E-state index contributed by atoms with van der Waals surface area (Å²) in [4.78, 5) is 2.54. The molecule has 0 aromatic heterocycles. The third-order valence-corrected chi connectivity index (χ3v) is 3.81. The molecular formula is C14H20N2S. The highest BCUT2D eigenvalue weighted by molar-refractivity contribution is 8.00. The van der Waals surface area contributed by atoms with Crippen LogP contribution in [0.3, 0.4) is 0 Å². The maximum absolute atomic E-state index is 3.75. The Morgan fingerprint density at radius 1 is 1.24 bits per heavy atom. The van der Waals surface area contributed by atoms with Crippen molar-refractivity contribution in [2.24, 2.45) is 0 Å². The van der Waals surface area contributed by atoms with Gasteiger partial charge in [-0.25, -0.2) is 0 Å². The molecule has 1 aromatic rings. The molecule has 0 bridgehead atoms. The maximum atomic E-state index is 3.75. The summed E-state index contributed by atoms with van der Waals surface area (Å²) in [6, 6.07) is 8.35. The fourth-order valence-electron chi connectivity index (χ4n) is 2.00. The summed E-state index contributed by atoms with van der Waals surface area (Å²) in [5, 5.41) is 0. The molecule has 3 heteroatoms. The molecule has 0 atom stereocenters. The Morgan fingerprint density at radius 3 is 2.59 bits per heavy atom. The van der Waals surface area contributed by atoms with Gasteiger partial charge in [-0.05, 0) is 43.6 Å². The zero-order valence-electron chi connectivity index (χ0n) is 10.2. The first kappa shape index (κ1) is 12.5. The minimum atomic E-state index is 1.14. The Morgan fingerprint density at radius 2 is 1.94 bits per heavy atom. The van der Waals surface area contributed by atoms with Crippen LogP contribution in [0, 0.1) is 0 Å². The van der Waals surface area contributed by atoms with Gasteiger partial charge in [0.1, 0.15) is 0 Å². The Kier molecular flexibility index (Phi) is 4.95. The molecule has 0 spiro atoms. The van der Waals surface area contributed by atoms with Crippen LogP contribution in [0.5, 0.6) is 0 Å². The summed E-state index contributed by atoms with van der Waals surface area (Å²) in [6.45, 7) is 7.52. The van der Waals surface area contributed by atoms with Gasteiger partial charge in [-0.2, -0.15) is 0 Å². The molecule has 92 valence electrons. The quantitative estimate of drug-likeness (QED) is 0.613. The standard InChI is InChI=1S/C14H20N2S/c1-2-13-5-7-14(8-6-13)15-17-12-11-16-9-3-4-10-16/h2,5-8,15H,1,3-4,9-12H2. The molecule has 0 saturated carbocycles. The van der Waals surface area contributed by atoms with Gasteiger partial charge in [0, 0.05) is 18.0 Å². The minimum Gasteiger partial charge on any atom is -0.330 e. The van der Waals surface area contributed by atoms with Crippen LogP contribution in [-0.4, -0.2) is 30.3 Å². The van der Waals surface area contributed by atoms with E-state index in [-0.39, 0.29) is 0 Å². The van der Waals surface area contributed by atoms with Crippen molar-refractivity contribution in [1.29, 1.82) is 0 Å². The molecule has 1 N–H and O–H groups in total. The average molecular weight is 248 g/mol. The highest BCUT2D eigenvalue weighted by Crippen LogP contribution is 2.15. The summed E-state index contributed by atoms with van der Waals surface area (Å²) < 4.78 is 3.38. The van der Waals surface area contributed by atoms with Gasteiger partial charge in [0.25, 0.3) is 0 Å². The molecule has 2 nitrogen and oxygen atoms in total. The van der Waals surface area contributed by atoms with Gasteiger partial charge in [0.05, 0.1) is 0 Å². The topological polar surface area (TPSA) is 15.3 Å². The largest absolute Gasteiger partial charge is 0.330 e. The fraction of sp³-hybridized carbons (Fsp3) is 0.429. The van der Waals surface area contributed by atoms with E-state index in [1.54, 1.807) is 11.9 Å². The minimum absolute atomic E-state index is 1.14. The van der Waals surface area contributed by atoms with Crippen LogP contribution >= 0.6 is 11.9 Å². The number of benzene rings is 1. The van der Waals surface area contributed by atoms with Crippen molar-refractivity contribution in [2.45, 2.75) is 12.8 Å². The van der Waals surface area contributed by atoms with Crippen LogP contribution in [0.4, 0.5) is 5.69 Å². The summed E-state index contributed by atoms with van der Waals surface area (Å²) in [6.07, 6.45) is 4.62. The number of nitrogens with one attached hydrogen (secondary N) is 1. The van der Waals surface area contributed by atoms with Gasteiger partial charge in [-0.3, -0.25) is 0 Å². The van der Waals surface area contributed by atoms with Crippen molar-refractivity contribution in [3.05, 3.63) is 36.4 Å². The zero-order valence-corrected chi connectivity index (χ0v) is 11.0. The molecule has 1 fully saturated rings. The SMILES string of the molecule is C=Cc1ccc(NSCCN2CCCC2)cc1. The molecule has 1 aliphatic heterocycles. The monoisotopic (exact) mass is 248 g/mol.